The lowest BCUT2D eigenvalue weighted by molar-refractivity contribution is -0.136. The maximum absolute atomic E-state index is 12.1. The van der Waals surface area contributed by atoms with Crippen LogP contribution in [-0.2, 0) is 9.53 Å². The van der Waals surface area contributed by atoms with Crippen molar-refractivity contribution in [1.29, 1.82) is 0 Å². The van der Waals surface area contributed by atoms with Crippen LogP contribution in [0.5, 0.6) is 0 Å². The molecule has 2 heterocycles. The van der Waals surface area contributed by atoms with Crippen molar-refractivity contribution >= 4 is 17.5 Å². The van der Waals surface area contributed by atoms with E-state index in [9.17, 15) is 4.79 Å². The fourth-order valence-corrected chi connectivity index (χ4v) is 3.34. The van der Waals surface area contributed by atoms with Gasteiger partial charge >= 0.3 is 0 Å². The summed E-state index contributed by atoms with van der Waals surface area (Å²) in [7, 11) is 1.55. The van der Waals surface area contributed by atoms with Crippen LogP contribution >= 0.6 is 11.6 Å². The molecule has 1 aromatic carbocycles. The first-order chi connectivity index (χ1) is 11.7. The fourth-order valence-electron chi connectivity index (χ4n) is 3.15. The second kappa shape index (κ2) is 7.77. The molecule has 1 aliphatic rings. The standard InChI is InChI=1S/C19H21ClN2O2/c1-24-13-19(23)22-10-4-6-15(12-22)18-9-3-8-17(21-18)14-5-2-7-16(20)11-14/h2-3,5,7-9,11,15H,4,6,10,12-13H2,1H3. The number of rotatable bonds is 4. The van der Waals surface area contributed by atoms with Crippen LogP contribution in [-0.4, -0.2) is 42.6 Å². The van der Waals surface area contributed by atoms with E-state index in [0.717, 1.165) is 36.3 Å². The van der Waals surface area contributed by atoms with E-state index in [-0.39, 0.29) is 18.4 Å². The van der Waals surface area contributed by atoms with E-state index < -0.39 is 0 Å². The van der Waals surface area contributed by atoms with Crippen molar-refractivity contribution in [2.24, 2.45) is 0 Å². The summed E-state index contributed by atoms with van der Waals surface area (Å²) in [5.74, 6) is 0.312. The molecule has 2 aromatic rings. The summed E-state index contributed by atoms with van der Waals surface area (Å²) in [6.07, 6.45) is 2.03. The number of halogens is 1. The number of benzene rings is 1. The zero-order valence-corrected chi connectivity index (χ0v) is 14.5. The predicted octanol–water partition coefficient (Wildman–Crippen LogP) is 3.75. The first-order valence-corrected chi connectivity index (χ1v) is 8.55. The molecular weight excluding hydrogens is 324 g/mol. The van der Waals surface area contributed by atoms with Crippen molar-refractivity contribution in [3.63, 3.8) is 0 Å². The molecule has 1 atom stereocenters. The number of carbonyl (C=O) groups is 1. The summed E-state index contributed by atoms with van der Waals surface area (Å²) in [6, 6.07) is 13.8. The SMILES string of the molecule is COCC(=O)N1CCCC(c2cccc(-c3cccc(Cl)c3)n2)C1. The monoisotopic (exact) mass is 344 g/mol. The number of methoxy groups -OCH3 is 1. The van der Waals surface area contributed by atoms with Gasteiger partial charge in [-0.2, -0.15) is 0 Å². The number of hydrogen-bond donors (Lipinski definition) is 0. The average Bonchev–Trinajstić information content (AvgIpc) is 2.62. The second-order valence-corrected chi connectivity index (χ2v) is 6.51. The van der Waals surface area contributed by atoms with Gasteiger partial charge in [0.1, 0.15) is 6.61 Å². The molecule has 0 bridgehead atoms. The van der Waals surface area contributed by atoms with E-state index in [1.54, 1.807) is 7.11 Å². The Morgan fingerprint density at radius 2 is 2.17 bits per heavy atom. The molecular formula is C19H21ClN2O2. The molecule has 126 valence electrons. The van der Waals surface area contributed by atoms with Crippen molar-refractivity contribution in [1.82, 2.24) is 9.88 Å². The summed E-state index contributed by atoms with van der Waals surface area (Å²) < 4.78 is 4.97. The van der Waals surface area contributed by atoms with E-state index >= 15 is 0 Å². The molecule has 5 heteroatoms. The second-order valence-electron chi connectivity index (χ2n) is 6.07. The van der Waals surface area contributed by atoms with Gasteiger partial charge in [-0.05, 0) is 37.1 Å². The summed E-state index contributed by atoms with van der Waals surface area (Å²) in [5, 5.41) is 0.703. The van der Waals surface area contributed by atoms with Crippen LogP contribution in [0, 0.1) is 0 Å². The Kier molecular flexibility index (Phi) is 5.48. The van der Waals surface area contributed by atoms with Gasteiger partial charge in [-0.15, -0.1) is 0 Å². The van der Waals surface area contributed by atoms with Crippen LogP contribution in [0.2, 0.25) is 5.02 Å². The van der Waals surface area contributed by atoms with Gasteiger partial charge in [0.05, 0.1) is 5.69 Å². The highest BCUT2D eigenvalue weighted by Crippen LogP contribution is 2.28. The first-order valence-electron chi connectivity index (χ1n) is 8.17. The van der Waals surface area contributed by atoms with E-state index in [1.807, 2.05) is 47.4 Å². The molecule has 24 heavy (non-hydrogen) atoms. The maximum Gasteiger partial charge on any atom is 0.248 e. The van der Waals surface area contributed by atoms with Gasteiger partial charge < -0.3 is 9.64 Å². The number of nitrogens with zero attached hydrogens (tertiary/aromatic N) is 2. The summed E-state index contributed by atoms with van der Waals surface area (Å²) >= 11 is 6.08. The maximum atomic E-state index is 12.1. The molecule has 4 nitrogen and oxygen atoms in total. The lowest BCUT2D eigenvalue weighted by atomic mass is 9.93. The lowest BCUT2D eigenvalue weighted by Gasteiger charge is -2.32. The zero-order valence-electron chi connectivity index (χ0n) is 13.7. The van der Waals surface area contributed by atoms with E-state index in [4.69, 9.17) is 21.3 Å². The van der Waals surface area contributed by atoms with Gasteiger partial charge in [-0.3, -0.25) is 9.78 Å². The van der Waals surface area contributed by atoms with E-state index in [2.05, 4.69) is 0 Å². The van der Waals surface area contributed by atoms with Gasteiger partial charge in [0.25, 0.3) is 0 Å². The van der Waals surface area contributed by atoms with Gasteiger partial charge in [0.2, 0.25) is 5.91 Å². The third kappa shape index (κ3) is 3.94. The van der Waals surface area contributed by atoms with Crippen LogP contribution in [0.15, 0.2) is 42.5 Å². The molecule has 1 fully saturated rings. The number of amides is 1. The van der Waals surface area contributed by atoms with Gasteiger partial charge in [-0.25, -0.2) is 0 Å². The number of aromatic nitrogens is 1. The smallest absolute Gasteiger partial charge is 0.248 e. The minimum absolute atomic E-state index is 0.0493. The largest absolute Gasteiger partial charge is 0.375 e. The summed E-state index contributed by atoms with van der Waals surface area (Å²) in [4.78, 5) is 18.8. The minimum atomic E-state index is 0.0493. The first kappa shape index (κ1) is 16.9. The molecule has 0 saturated carbocycles. The van der Waals surface area contributed by atoms with E-state index in [1.165, 1.54) is 0 Å². The summed E-state index contributed by atoms with van der Waals surface area (Å²) in [5.41, 5.74) is 2.95. The van der Waals surface area contributed by atoms with Crippen molar-refractivity contribution in [3.8, 4) is 11.3 Å². The quantitative estimate of drug-likeness (QED) is 0.848. The number of likely N-dealkylation sites (tertiary alicyclic amines) is 1. The highest BCUT2D eigenvalue weighted by atomic mass is 35.5. The Morgan fingerprint density at radius 1 is 1.33 bits per heavy atom. The molecule has 1 aliphatic heterocycles. The van der Waals surface area contributed by atoms with Crippen LogP contribution in [0.4, 0.5) is 0 Å². The number of carbonyl (C=O) groups excluding carboxylic acids is 1. The molecule has 0 spiro atoms. The van der Waals surface area contributed by atoms with E-state index in [0.29, 0.717) is 11.6 Å². The predicted molar refractivity (Wildman–Crippen MR) is 95.1 cm³/mol. The highest BCUT2D eigenvalue weighted by molar-refractivity contribution is 6.30. The third-order valence-electron chi connectivity index (χ3n) is 4.35. The molecule has 1 aromatic heterocycles. The summed E-state index contributed by atoms with van der Waals surface area (Å²) in [6.45, 7) is 1.64. The van der Waals surface area contributed by atoms with Crippen LogP contribution < -0.4 is 0 Å². The van der Waals surface area contributed by atoms with Gasteiger partial charge in [0.15, 0.2) is 0 Å². The molecule has 1 saturated heterocycles. The number of piperidine rings is 1. The van der Waals surface area contributed by atoms with Crippen molar-refractivity contribution < 1.29 is 9.53 Å². The number of hydrogen-bond acceptors (Lipinski definition) is 3. The lowest BCUT2D eigenvalue weighted by Crippen LogP contribution is -2.41. The van der Waals surface area contributed by atoms with Crippen LogP contribution in [0.1, 0.15) is 24.5 Å². The molecule has 0 N–H and O–H groups in total. The topological polar surface area (TPSA) is 42.4 Å². The third-order valence-corrected chi connectivity index (χ3v) is 4.59. The molecule has 0 aliphatic carbocycles. The normalized spacial score (nSPS) is 17.8. The van der Waals surface area contributed by atoms with Crippen molar-refractivity contribution in [2.75, 3.05) is 26.8 Å². The van der Waals surface area contributed by atoms with Crippen LogP contribution in [0.3, 0.4) is 0 Å². The van der Waals surface area contributed by atoms with Crippen LogP contribution in [0.25, 0.3) is 11.3 Å². The molecule has 0 radical (unpaired) electrons. The van der Waals surface area contributed by atoms with Gasteiger partial charge in [-0.1, -0.05) is 29.8 Å². The Balaban J connectivity index is 1.79. The number of pyridine rings is 1. The average molecular weight is 345 g/mol. The highest BCUT2D eigenvalue weighted by Gasteiger charge is 2.25. The fraction of sp³-hybridized carbons (Fsp3) is 0.368. The Labute approximate surface area is 147 Å². The molecule has 1 amide bonds. The van der Waals surface area contributed by atoms with Crippen molar-refractivity contribution in [3.05, 3.63) is 53.2 Å². The molecule has 3 rings (SSSR count). The Morgan fingerprint density at radius 3 is 2.96 bits per heavy atom. The zero-order chi connectivity index (χ0) is 16.9. The Bertz CT molecular complexity index is 720. The minimum Gasteiger partial charge on any atom is -0.375 e. The number of ether oxygens (including phenoxy) is 1. The van der Waals surface area contributed by atoms with Gasteiger partial charge in [0, 0.05) is 42.4 Å². The van der Waals surface area contributed by atoms with Crippen molar-refractivity contribution in [2.45, 2.75) is 18.8 Å². The molecule has 1 unspecified atom stereocenters. The Hall–Kier alpha value is -1.91.